The van der Waals surface area contributed by atoms with Gasteiger partial charge in [0.1, 0.15) is 36.3 Å². The van der Waals surface area contributed by atoms with Crippen LogP contribution in [0.2, 0.25) is 5.32 Å². The summed E-state index contributed by atoms with van der Waals surface area (Å²) in [5.74, 6) is -23.0. The van der Waals surface area contributed by atoms with E-state index in [-0.39, 0.29) is 37.1 Å². The molecule has 529 valence electrons. The van der Waals surface area contributed by atoms with E-state index in [0.717, 1.165) is 6.92 Å². The van der Waals surface area contributed by atoms with E-state index in [4.69, 9.17) is 28.7 Å². The Hall–Kier alpha value is -9.38. The standard InChI is InChI=1S/C52H86N17O24Se/c1-5-21(2)38(68-45(86)29(17-34(55)74)64-42(83)26(10-14-36(77)78)60-41(82)25(9-13-35(75)76)59-40(81)22(3)53)49(90)69-39(23(4)72)50(91)62-27(11-15-37(79)80)43(84)65-31(19-71)47(88)66-30(18-70)46(87)61-24(8-12-33(54)73)44(85)67-32(20-94)48(89)63-28(51(92)93)7-6-16-58-52(56)57/h21-32,38-39,70-72H,5-20,53H2,1-4H3,(H2,54,73)(H2,55,74)(H,59,81)(H,60,82)(H,61,87)(H,62,91)(H,63,89)(H,64,83)(H,65,84)(H,66,88)(H,67,85)(H,68,86)(H,69,90)(H,75,76)(H,77,78)(H,79,80)(H,92,93)(H4,56,57,58)/t21-,22-,23+,24-,25-,26-,27-,28-,29-,30-,31-,32-,38-,39-/m0/s1. The summed E-state index contributed by atoms with van der Waals surface area (Å²) in [5, 5.41) is 92.5. The average Bonchev–Trinajstić information content (AvgIpc) is 1.05. The fourth-order valence-electron chi connectivity index (χ4n) is 7.98. The van der Waals surface area contributed by atoms with Gasteiger partial charge in [-0.05, 0) is 39.0 Å². The zero-order valence-electron chi connectivity index (χ0n) is 51.7. The number of nitrogens with two attached hydrogens (primary N) is 5. The third-order valence-electron chi connectivity index (χ3n) is 13.5. The Labute approximate surface area is 544 Å². The fraction of sp³-hybridized carbons (Fsp3) is 0.654. The molecule has 0 aromatic heterocycles. The molecule has 0 aliphatic heterocycles. The molecule has 28 N–H and O–H groups in total. The summed E-state index contributed by atoms with van der Waals surface area (Å²) in [5.41, 5.74) is 26.7. The summed E-state index contributed by atoms with van der Waals surface area (Å²) in [7, 11) is 0. The molecule has 0 aliphatic carbocycles. The maximum Gasteiger partial charge on any atom is 0.0804 e. The zero-order chi connectivity index (χ0) is 72.3. The van der Waals surface area contributed by atoms with Crippen molar-refractivity contribution in [2.24, 2.45) is 39.6 Å². The molecule has 13 amide bonds. The summed E-state index contributed by atoms with van der Waals surface area (Å²) in [4.78, 5) is 223. The second-order valence-electron chi connectivity index (χ2n) is 21.2. The van der Waals surface area contributed by atoms with E-state index in [1.807, 2.05) is 10.6 Å². The van der Waals surface area contributed by atoms with Crippen LogP contribution in [-0.2, 0) is 81.5 Å². The number of carbonyl (C=O) groups is 17. The van der Waals surface area contributed by atoms with Gasteiger partial charge in [-0.2, -0.15) is 0 Å². The molecule has 0 bridgehead atoms. The first-order chi connectivity index (χ1) is 43.8. The van der Waals surface area contributed by atoms with E-state index in [0.29, 0.717) is 0 Å². The molecule has 0 unspecified atom stereocenters. The van der Waals surface area contributed by atoms with Crippen molar-refractivity contribution in [2.45, 2.75) is 189 Å². The Bertz CT molecular complexity index is 2740. The number of hydrogen-bond donors (Lipinski definition) is 23. The van der Waals surface area contributed by atoms with Crippen LogP contribution in [0.1, 0.15) is 105 Å². The third kappa shape index (κ3) is 32.8. The molecule has 94 heavy (non-hydrogen) atoms. The minimum Gasteiger partial charge on any atom is -0.391 e. The van der Waals surface area contributed by atoms with Crippen molar-refractivity contribution in [3.05, 3.63) is 0 Å². The molecule has 0 fully saturated rings. The van der Waals surface area contributed by atoms with Gasteiger partial charge in [0.25, 0.3) is 0 Å². The van der Waals surface area contributed by atoms with Gasteiger partial charge in [0.15, 0.2) is 0 Å². The molecule has 0 aliphatic rings. The summed E-state index contributed by atoms with van der Waals surface area (Å²) >= 11 is 2.50. The molecular weight excluding hydrogens is 1330 g/mol. The smallest absolute Gasteiger partial charge is 0.0804 e. The first-order valence-electron chi connectivity index (χ1n) is 28.9. The van der Waals surface area contributed by atoms with Crippen molar-refractivity contribution < 1.29 is 117 Å². The number of amides is 13. The maximum absolute atomic E-state index is 14.1. The van der Waals surface area contributed by atoms with Gasteiger partial charge >= 0.3 is 244 Å². The topological polar surface area (TPSA) is 707 Å². The summed E-state index contributed by atoms with van der Waals surface area (Å²) < 4.78 is 0. The molecule has 0 spiro atoms. The number of aliphatic carboxylic acids is 4. The van der Waals surface area contributed by atoms with Crippen molar-refractivity contribution in [3.63, 3.8) is 0 Å². The molecule has 0 aromatic rings. The summed E-state index contributed by atoms with van der Waals surface area (Å²) in [6, 6.07) is -21.4. The number of carbonyl (C=O) groups excluding carboxylic acids is 13. The Morgan fingerprint density at radius 1 is 0.415 bits per heavy atom. The monoisotopic (exact) mass is 1410 g/mol. The molecule has 42 heteroatoms. The van der Waals surface area contributed by atoms with E-state index in [1.165, 1.54) is 20.8 Å². The number of aliphatic hydroxyl groups is 3. The Morgan fingerprint density at radius 2 is 0.745 bits per heavy atom. The van der Waals surface area contributed by atoms with E-state index in [2.05, 4.69) is 68.9 Å². The number of nitrogens with one attached hydrogen (secondary N) is 11. The van der Waals surface area contributed by atoms with Crippen LogP contribution in [0, 0.1) is 5.92 Å². The van der Waals surface area contributed by atoms with Gasteiger partial charge in [-0.3, -0.25) is 52.7 Å². The molecule has 0 heterocycles. The van der Waals surface area contributed by atoms with E-state index in [1.54, 1.807) is 0 Å². The Kier molecular flexibility index (Phi) is 39.1. The molecule has 41 nitrogen and oxygen atoms in total. The zero-order valence-corrected chi connectivity index (χ0v) is 53.4. The van der Waals surface area contributed by atoms with Crippen molar-refractivity contribution in [2.75, 3.05) is 19.8 Å². The number of carboxylic acid groups (broad SMARTS) is 4. The van der Waals surface area contributed by atoms with Gasteiger partial charge in [-0.1, -0.05) is 20.3 Å². The van der Waals surface area contributed by atoms with Crippen molar-refractivity contribution in [1.82, 2.24) is 58.5 Å². The number of aliphatic imine (C=N–C) groups is 1. The second-order valence-corrected chi connectivity index (χ2v) is 21.9. The van der Waals surface area contributed by atoms with Crippen LogP contribution in [-0.4, -0.2) is 257 Å². The van der Waals surface area contributed by atoms with Crippen LogP contribution < -0.4 is 87.2 Å². The van der Waals surface area contributed by atoms with Crippen LogP contribution >= 0.6 is 0 Å². The predicted molar refractivity (Wildman–Crippen MR) is 321 cm³/mol. The number of aliphatic hydroxyl groups excluding tert-OH is 3. The first kappa shape index (κ1) is 84.6. The molecule has 1 radical (unpaired) electrons. The van der Waals surface area contributed by atoms with Crippen molar-refractivity contribution >= 4 is 123 Å². The Morgan fingerprint density at radius 3 is 1.10 bits per heavy atom. The third-order valence-corrected chi connectivity index (χ3v) is 14.1. The number of carboxylic acids is 4. The number of nitrogens with zero attached hydrogens (tertiary/aromatic N) is 1. The van der Waals surface area contributed by atoms with Gasteiger partial charge in [-0.25, -0.2) is 0 Å². The number of guanidine groups is 1. The van der Waals surface area contributed by atoms with Crippen LogP contribution in [0.4, 0.5) is 0 Å². The number of hydrogen-bond acceptors (Lipinski definition) is 22. The summed E-state index contributed by atoms with van der Waals surface area (Å²) in [6.45, 7) is 2.60. The second kappa shape index (κ2) is 43.4. The van der Waals surface area contributed by atoms with E-state index < -0.39 is 256 Å². The normalized spacial score (nSPS) is 15.4. The first-order valence-corrected chi connectivity index (χ1v) is 30.1. The molecule has 0 aromatic carbocycles. The van der Waals surface area contributed by atoms with Crippen molar-refractivity contribution in [3.8, 4) is 0 Å². The fourth-order valence-corrected chi connectivity index (χ4v) is 8.48. The van der Waals surface area contributed by atoms with Crippen LogP contribution in [0.25, 0.3) is 0 Å². The maximum atomic E-state index is 14.1. The molecule has 0 saturated heterocycles. The molecule has 14 atom stereocenters. The summed E-state index contributed by atoms with van der Waals surface area (Å²) in [6.07, 6.45) is -8.41. The van der Waals surface area contributed by atoms with Gasteiger partial charge in [0, 0.05) is 19.3 Å². The SMILES string of the molecule is CC[C@H](C)[C@H](NC(=O)[C@H](CC(N)=O)NC(=O)[C@H](CCC(=O)O)NC(=O)[C@H](CCC(=O)O)NC(=O)[C@H](C)N)C(=O)N[C@H](C(=O)N[C@@H](CCC(=O)O)C(=O)N[C@@H](CO)C(=O)N[C@@H](CO)C(=O)N[C@@H](CCC(N)=O)C(=O)N[C@@H](C[Se])C(=O)N[C@@H](CCCN=C(N)N)C(=O)O)[C@@H](C)O. The minimum atomic E-state index is -2.10. The predicted octanol–water partition coefficient (Wildman–Crippen LogP) is -11.5. The van der Waals surface area contributed by atoms with Crippen LogP contribution in [0.5, 0.6) is 0 Å². The number of primary amides is 2. The van der Waals surface area contributed by atoms with Gasteiger partial charge in [0.2, 0.25) is 47.3 Å². The minimum absolute atomic E-state index is 0.0158. The van der Waals surface area contributed by atoms with Gasteiger partial charge < -0.3 is 68.9 Å². The molecule has 0 saturated carbocycles. The van der Waals surface area contributed by atoms with Gasteiger partial charge in [-0.15, -0.1) is 0 Å². The average molecular weight is 1410 g/mol. The van der Waals surface area contributed by atoms with E-state index in [9.17, 15) is 117 Å². The number of rotatable bonds is 47. The Balaban J connectivity index is 6.70. The quantitative estimate of drug-likeness (QED) is 0.0116. The molecule has 0 rings (SSSR count). The van der Waals surface area contributed by atoms with Gasteiger partial charge in [0.05, 0.1) is 18.6 Å². The van der Waals surface area contributed by atoms with E-state index >= 15 is 0 Å². The largest absolute Gasteiger partial charge is 0.391 e. The van der Waals surface area contributed by atoms with Crippen LogP contribution in [0.15, 0.2) is 4.99 Å². The van der Waals surface area contributed by atoms with Crippen LogP contribution in [0.3, 0.4) is 0 Å². The van der Waals surface area contributed by atoms with Crippen molar-refractivity contribution in [1.29, 1.82) is 0 Å². The molecular formula is C52H86N17O24Se.